The highest BCUT2D eigenvalue weighted by molar-refractivity contribution is 5.84. The largest absolute Gasteiger partial charge is 0.475 e. The topological polar surface area (TPSA) is 75.4 Å². The molecule has 0 bridgehead atoms. The maximum atomic E-state index is 10.6. The van der Waals surface area contributed by atoms with Crippen LogP contribution in [0.5, 0.6) is 0 Å². The van der Waals surface area contributed by atoms with Crippen molar-refractivity contribution in [1.82, 2.24) is 4.98 Å². The van der Waals surface area contributed by atoms with Crippen molar-refractivity contribution in [3.8, 4) is 0 Å². The van der Waals surface area contributed by atoms with Crippen molar-refractivity contribution in [2.45, 2.75) is 13.5 Å². The molecule has 5 heteroatoms. The van der Waals surface area contributed by atoms with E-state index in [-0.39, 0.29) is 5.76 Å². The lowest BCUT2D eigenvalue weighted by Gasteiger charge is -2.02. The zero-order valence-electron chi connectivity index (χ0n) is 9.30. The van der Waals surface area contributed by atoms with Gasteiger partial charge < -0.3 is 14.8 Å². The molecule has 0 spiro atoms. The Morgan fingerprint density at radius 1 is 1.41 bits per heavy atom. The van der Waals surface area contributed by atoms with E-state index in [4.69, 9.17) is 9.52 Å². The van der Waals surface area contributed by atoms with E-state index in [0.29, 0.717) is 12.4 Å². The van der Waals surface area contributed by atoms with Gasteiger partial charge in [-0.2, -0.15) is 0 Å². The molecule has 2 aromatic rings. The molecule has 5 nitrogen and oxygen atoms in total. The maximum Gasteiger partial charge on any atom is 0.371 e. The number of aromatic carboxylic acids is 1. The second kappa shape index (κ2) is 4.69. The monoisotopic (exact) mass is 232 g/mol. The molecule has 0 aromatic carbocycles. The lowest BCUT2D eigenvalue weighted by Crippen LogP contribution is -1.99. The molecule has 0 saturated heterocycles. The highest BCUT2D eigenvalue weighted by atomic mass is 16.4. The molecule has 88 valence electrons. The van der Waals surface area contributed by atoms with Gasteiger partial charge in [0.1, 0.15) is 0 Å². The number of carboxylic acids is 1. The predicted molar refractivity (Wildman–Crippen MR) is 62.0 cm³/mol. The van der Waals surface area contributed by atoms with Crippen LogP contribution in [0.15, 0.2) is 34.9 Å². The SMILES string of the molecule is Cc1ccc(CNc2ccc(C(=O)O)o2)cn1. The highest BCUT2D eigenvalue weighted by Gasteiger charge is 2.08. The Bertz CT molecular complexity index is 517. The Labute approximate surface area is 98.1 Å². The summed E-state index contributed by atoms with van der Waals surface area (Å²) >= 11 is 0. The first-order valence-corrected chi connectivity index (χ1v) is 5.13. The number of pyridine rings is 1. The molecule has 0 aliphatic heterocycles. The Morgan fingerprint density at radius 2 is 2.24 bits per heavy atom. The zero-order valence-corrected chi connectivity index (χ0v) is 9.30. The van der Waals surface area contributed by atoms with Crippen LogP contribution in [-0.2, 0) is 6.54 Å². The van der Waals surface area contributed by atoms with Crippen molar-refractivity contribution in [3.05, 3.63) is 47.5 Å². The maximum absolute atomic E-state index is 10.6. The second-order valence-electron chi connectivity index (χ2n) is 3.63. The first-order chi connectivity index (χ1) is 8.15. The number of aromatic nitrogens is 1. The van der Waals surface area contributed by atoms with Gasteiger partial charge in [0.05, 0.1) is 0 Å². The molecule has 0 saturated carbocycles. The summed E-state index contributed by atoms with van der Waals surface area (Å²) in [5.74, 6) is -0.715. The number of rotatable bonds is 4. The molecule has 0 aliphatic rings. The quantitative estimate of drug-likeness (QED) is 0.845. The number of hydrogen-bond acceptors (Lipinski definition) is 4. The van der Waals surface area contributed by atoms with Crippen LogP contribution in [0, 0.1) is 6.92 Å². The van der Waals surface area contributed by atoms with Crippen molar-refractivity contribution in [1.29, 1.82) is 0 Å². The van der Waals surface area contributed by atoms with E-state index in [1.807, 2.05) is 19.1 Å². The average molecular weight is 232 g/mol. The van der Waals surface area contributed by atoms with E-state index in [1.54, 1.807) is 12.3 Å². The molecule has 2 aromatic heterocycles. The summed E-state index contributed by atoms with van der Waals surface area (Å²) in [5.41, 5.74) is 1.96. The van der Waals surface area contributed by atoms with Crippen LogP contribution in [0.1, 0.15) is 21.8 Å². The minimum Gasteiger partial charge on any atom is -0.475 e. The molecule has 17 heavy (non-hydrogen) atoms. The van der Waals surface area contributed by atoms with Crippen molar-refractivity contribution < 1.29 is 14.3 Å². The minimum absolute atomic E-state index is 0.0745. The van der Waals surface area contributed by atoms with Gasteiger partial charge in [-0.15, -0.1) is 0 Å². The van der Waals surface area contributed by atoms with Gasteiger partial charge in [0.2, 0.25) is 5.76 Å². The number of carboxylic acid groups (broad SMARTS) is 1. The number of carbonyl (C=O) groups is 1. The zero-order chi connectivity index (χ0) is 12.3. The van der Waals surface area contributed by atoms with Crippen LogP contribution in [0.4, 0.5) is 5.88 Å². The number of nitrogens with one attached hydrogen (secondary N) is 1. The summed E-state index contributed by atoms with van der Waals surface area (Å²) in [6.45, 7) is 2.46. The third kappa shape index (κ3) is 2.84. The fraction of sp³-hybridized carbons (Fsp3) is 0.167. The predicted octanol–water partition coefficient (Wildman–Crippen LogP) is 2.29. The lowest BCUT2D eigenvalue weighted by molar-refractivity contribution is 0.0663. The first kappa shape index (κ1) is 11.2. The van der Waals surface area contributed by atoms with E-state index >= 15 is 0 Å². The summed E-state index contributed by atoms with van der Waals surface area (Å²) in [5, 5.41) is 11.7. The van der Waals surface area contributed by atoms with E-state index in [2.05, 4.69) is 10.3 Å². The number of hydrogen-bond donors (Lipinski definition) is 2. The lowest BCUT2D eigenvalue weighted by atomic mass is 10.2. The average Bonchev–Trinajstić information content (AvgIpc) is 2.77. The highest BCUT2D eigenvalue weighted by Crippen LogP contribution is 2.14. The van der Waals surface area contributed by atoms with Gasteiger partial charge in [-0.1, -0.05) is 6.07 Å². The molecular weight excluding hydrogens is 220 g/mol. The Morgan fingerprint density at radius 3 is 2.82 bits per heavy atom. The molecule has 2 N–H and O–H groups in total. The molecule has 0 aliphatic carbocycles. The molecule has 0 atom stereocenters. The first-order valence-electron chi connectivity index (χ1n) is 5.13. The van der Waals surface area contributed by atoms with Gasteiger partial charge in [-0.25, -0.2) is 4.79 Å². The summed E-state index contributed by atoms with van der Waals surface area (Å²) in [4.78, 5) is 14.8. The fourth-order valence-electron chi connectivity index (χ4n) is 1.34. The summed E-state index contributed by atoms with van der Waals surface area (Å²) in [6, 6.07) is 6.88. The molecule has 0 radical (unpaired) electrons. The fourth-order valence-corrected chi connectivity index (χ4v) is 1.34. The van der Waals surface area contributed by atoms with Crippen LogP contribution >= 0.6 is 0 Å². The van der Waals surface area contributed by atoms with Crippen molar-refractivity contribution >= 4 is 11.9 Å². The van der Waals surface area contributed by atoms with Gasteiger partial charge >= 0.3 is 5.97 Å². The van der Waals surface area contributed by atoms with E-state index in [9.17, 15) is 4.79 Å². The Balaban J connectivity index is 1.97. The van der Waals surface area contributed by atoms with E-state index in [1.165, 1.54) is 6.07 Å². The molecule has 0 fully saturated rings. The summed E-state index contributed by atoms with van der Waals surface area (Å²) in [7, 11) is 0. The smallest absolute Gasteiger partial charge is 0.371 e. The standard InChI is InChI=1S/C12H12N2O3/c1-8-2-3-9(6-13-8)7-14-11-5-4-10(17-11)12(15)16/h2-6,14H,7H2,1H3,(H,15,16). The molecule has 0 amide bonds. The third-order valence-corrected chi connectivity index (χ3v) is 2.26. The van der Waals surface area contributed by atoms with Gasteiger partial charge in [-0.3, -0.25) is 4.98 Å². The molecule has 0 unspecified atom stereocenters. The number of furan rings is 1. The Hall–Kier alpha value is -2.30. The summed E-state index contributed by atoms with van der Waals surface area (Å²) < 4.78 is 5.06. The van der Waals surface area contributed by atoms with Crippen LogP contribution in [0.3, 0.4) is 0 Å². The number of nitrogens with zero attached hydrogens (tertiary/aromatic N) is 1. The normalized spacial score (nSPS) is 10.2. The van der Waals surface area contributed by atoms with Crippen LogP contribution in [-0.4, -0.2) is 16.1 Å². The number of aryl methyl sites for hydroxylation is 1. The van der Waals surface area contributed by atoms with Gasteiger partial charge in [0.15, 0.2) is 5.88 Å². The molecule has 2 rings (SSSR count). The van der Waals surface area contributed by atoms with Gasteiger partial charge in [0.25, 0.3) is 0 Å². The van der Waals surface area contributed by atoms with Crippen molar-refractivity contribution in [2.75, 3.05) is 5.32 Å². The van der Waals surface area contributed by atoms with Gasteiger partial charge in [-0.05, 0) is 24.6 Å². The third-order valence-electron chi connectivity index (χ3n) is 2.26. The van der Waals surface area contributed by atoms with Crippen LogP contribution in [0.25, 0.3) is 0 Å². The Kier molecular flexibility index (Phi) is 3.09. The van der Waals surface area contributed by atoms with Gasteiger partial charge in [0, 0.05) is 24.5 Å². The van der Waals surface area contributed by atoms with E-state index < -0.39 is 5.97 Å². The van der Waals surface area contributed by atoms with Crippen LogP contribution < -0.4 is 5.32 Å². The van der Waals surface area contributed by atoms with Crippen molar-refractivity contribution in [3.63, 3.8) is 0 Å². The number of anilines is 1. The molecule has 2 heterocycles. The van der Waals surface area contributed by atoms with Crippen molar-refractivity contribution in [2.24, 2.45) is 0 Å². The summed E-state index contributed by atoms with van der Waals surface area (Å²) in [6.07, 6.45) is 1.77. The minimum atomic E-state index is -1.07. The molecular formula is C12H12N2O3. The second-order valence-corrected chi connectivity index (χ2v) is 3.63. The van der Waals surface area contributed by atoms with Crippen LogP contribution in [0.2, 0.25) is 0 Å². The van der Waals surface area contributed by atoms with E-state index in [0.717, 1.165) is 11.3 Å².